The lowest BCUT2D eigenvalue weighted by Gasteiger charge is -2.30. The van der Waals surface area contributed by atoms with E-state index in [4.69, 9.17) is 14.7 Å². The number of ether oxygens (including phenoxy) is 2. The zero-order valence-corrected chi connectivity index (χ0v) is 14.1. The number of carbonyl (C=O) groups is 2. The molecule has 7 nitrogen and oxygen atoms in total. The van der Waals surface area contributed by atoms with Gasteiger partial charge in [-0.2, -0.15) is 0 Å². The minimum absolute atomic E-state index is 0.0288. The largest absolute Gasteiger partial charge is 0.497 e. The number of benzene rings is 1. The molecule has 1 aliphatic heterocycles. The summed E-state index contributed by atoms with van der Waals surface area (Å²) >= 11 is 0. The SMILES string of the molecule is COc1ccc(OC(C)=NO)c(C(=O)C2CCN(C(C)=O)CC2)c1. The topological polar surface area (TPSA) is 88.4 Å². The quantitative estimate of drug-likeness (QED) is 0.300. The number of piperidine rings is 1. The highest BCUT2D eigenvalue weighted by Crippen LogP contribution is 2.30. The molecule has 0 aliphatic carbocycles. The van der Waals surface area contributed by atoms with Crippen molar-refractivity contribution in [3.8, 4) is 11.5 Å². The van der Waals surface area contributed by atoms with Gasteiger partial charge >= 0.3 is 0 Å². The van der Waals surface area contributed by atoms with Crippen LogP contribution in [0, 0.1) is 5.92 Å². The highest BCUT2D eigenvalue weighted by Gasteiger charge is 2.29. The Morgan fingerprint density at radius 1 is 1.25 bits per heavy atom. The van der Waals surface area contributed by atoms with Crippen molar-refractivity contribution in [2.45, 2.75) is 26.7 Å². The first-order chi connectivity index (χ1) is 11.5. The van der Waals surface area contributed by atoms with E-state index in [1.54, 1.807) is 23.1 Å². The number of hydrogen-bond donors (Lipinski definition) is 1. The van der Waals surface area contributed by atoms with Crippen molar-refractivity contribution < 1.29 is 24.3 Å². The number of carbonyl (C=O) groups excluding carboxylic acids is 2. The van der Waals surface area contributed by atoms with E-state index in [1.807, 2.05) is 0 Å². The van der Waals surface area contributed by atoms with Crippen LogP contribution in [0.15, 0.2) is 23.4 Å². The molecule has 0 aromatic heterocycles. The van der Waals surface area contributed by atoms with Gasteiger partial charge in [0.05, 0.1) is 12.7 Å². The molecule has 1 aliphatic rings. The highest BCUT2D eigenvalue weighted by molar-refractivity contribution is 6.01. The Kier molecular flexibility index (Phi) is 5.78. The first-order valence-electron chi connectivity index (χ1n) is 7.80. The predicted molar refractivity (Wildman–Crippen MR) is 87.8 cm³/mol. The Balaban J connectivity index is 2.22. The summed E-state index contributed by atoms with van der Waals surface area (Å²) in [6.07, 6.45) is 1.23. The molecule has 0 unspecified atom stereocenters. The van der Waals surface area contributed by atoms with Crippen LogP contribution in [-0.4, -0.2) is 47.9 Å². The maximum Gasteiger partial charge on any atom is 0.228 e. The summed E-state index contributed by atoms with van der Waals surface area (Å²) in [7, 11) is 1.52. The number of methoxy groups -OCH3 is 1. The molecule has 1 heterocycles. The summed E-state index contributed by atoms with van der Waals surface area (Å²) in [5.74, 6) is 0.705. The Bertz CT molecular complexity index is 648. The molecule has 1 fully saturated rings. The van der Waals surface area contributed by atoms with Crippen LogP contribution in [0.1, 0.15) is 37.0 Å². The number of oxime groups is 1. The van der Waals surface area contributed by atoms with E-state index in [9.17, 15) is 9.59 Å². The maximum atomic E-state index is 12.9. The second-order valence-electron chi connectivity index (χ2n) is 5.73. The summed E-state index contributed by atoms with van der Waals surface area (Å²) in [5, 5.41) is 11.7. The number of hydrogen-bond acceptors (Lipinski definition) is 6. The van der Waals surface area contributed by atoms with Gasteiger partial charge in [-0.1, -0.05) is 5.16 Å². The summed E-state index contributed by atoms with van der Waals surface area (Å²) in [6.45, 7) is 4.17. The molecule has 0 radical (unpaired) electrons. The molecule has 0 spiro atoms. The van der Waals surface area contributed by atoms with Crippen molar-refractivity contribution in [3.63, 3.8) is 0 Å². The fourth-order valence-corrected chi connectivity index (χ4v) is 2.77. The molecule has 0 atom stereocenters. The molecule has 130 valence electrons. The Labute approximate surface area is 140 Å². The van der Waals surface area contributed by atoms with Crippen molar-refractivity contribution >= 4 is 17.6 Å². The number of Topliss-reactive ketones (excluding diaryl/α,β-unsaturated/α-hetero) is 1. The number of ketones is 1. The number of rotatable bonds is 4. The van der Waals surface area contributed by atoms with Crippen molar-refractivity contribution in [1.29, 1.82) is 0 Å². The van der Waals surface area contributed by atoms with Gasteiger partial charge in [0.1, 0.15) is 11.5 Å². The minimum atomic E-state index is -0.179. The smallest absolute Gasteiger partial charge is 0.228 e. The molecule has 1 aromatic carbocycles. The Morgan fingerprint density at radius 2 is 1.92 bits per heavy atom. The van der Waals surface area contributed by atoms with Crippen molar-refractivity contribution in [3.05, 3.63) is 23.8 Å². The normalized spacial score (nSPS) is 16.0. The van der Waals surface area contributed by atoms with Gasteiger partial charge in [0.15, 0.2) is 5.78 Å². The summed E-state index contributed by atoms with van der Waals surface area (Å²) in [4.78, 5) is 26.0. The third kappa shape index (κ3) is 4.04. The van der Waals surface area contributed by atoms with Crippen LogP contribution < -0.4 is 9.47 Å². The lowest BCUT2D eigenvalue weighted by atomic mass is 9.88. The van der Waals surface area contributed by atoms with Gasteiger partial charge in [-0.05, 0) is 31.0 Å². The van der Waals surface area contributed by atoms with Crippen LogP contribution in [0.4, 0.5) is 0 Å². The van der Waals surface area contributed by atoms with Crippen molar-refractivity contribution in [2.24, 2.45) is 11.1 Å². The van der Waals surface area contributed by atoms with E-state index < -0.39 is 0 Å². The first-order valence-corrected chi connectivity index (χ1v) is 7.80. The molecule has 0 bridgehead atoms. The first kappa shape index (κ1) is 17.8. The molecule has 0 saturated carbocycles. The van der Waals surface area contributed by atoms with E-state index >= 15 is 0 Å². The Hall–Kier alpha value is -2.57. The zero-order valence-electron chi connectivity index (χ0n) is 14.1. The average molecular weight is 334 g/mol. The number of nitrogens with zero attached hydrogens (tertiary/aromatic N) is 2. The fourth-order valence-electron chi connectivity index (χ4n) is 2.77. The van der Waals surface area contributed by atoms with Gasteiger partial charge < -0.3 is 19.6 Å². The molecule has 1 aromatic rings. The van der Waals surface area contributed by atoms with Gasteiger partial charge in [0.2, 0.25) is 11.8 Å². The van der Waals surface area contributed by atoms with Crippen LogP contribution >= 0.6 is 0 Å². The monoisotopic (exact) mass is 334 g/mol. The Morgan fingerprint density at radius 3 is 2.46 bits per heavy atom. The molecular formula is C17H22N2O5. The third-order valence-electron chi connectivity index (χ3n) is 4.16. The average Bonchev–Trinajstić information content (AvgIpc) is 2.61. The predicted octanol–water partition coefficient (Wildman–Crippen LogP) is 2.32. The van der Waals surface area contributed by atoms with Gasteiger partial charge in [0, 0.05) is 32.9 Å². The fraction of sp³-hybridized carbons (Fsp3) is 0.471. The van der Waals surface area contributed by atoms with Crippen molar-refractivity contribution in [1.82, 2.24) is 4.90 Å². The molecule has 1 saturated heterocycles. The van der Waals surface area contributed by atoms with E-state index in [2.05, 4.69) is 5.16 Å². The summed E-state index contributed by atoms with van der Waals surface area (Å²) in [5.41, 5.74) is 0.388. The number of amides is 1. The van der Waals surface area contributed by atoms with Gasteiger partial charge in [-0.15, -0.1) is 0 Å². The highest BCUT2D eigenvalue weighted by atomic mass is 16.5. The van der Waals surface area contributed by atoms with E-state index in [1.165, 1.54) is 21.0 Å². The number of likely N-dealkylation sites (tertiary alicyclic amines) is 1. The third-order valence-corrected chi connectivity index (χ3v) is 4.16. The molecular weight excluding hydrogens is 312 g/mol. The summed E-state index contributed by atoms with van der Waals surface area (Å²) in [6, 6.07) is 4.92. The van der Waals surface area contributed by atoms with E-state index in [0.717, 1.165) is 0 Å². The summed E-state index contributed by atoms with van der Waals surface area (Å²) < 4.78 is 10.6. The van der Waals surface area contributed by atoms with Crippen molar-refractivity contribution in [2.75, 3.05) is 20.2 Å². The van der Waals surface area contributed by atoms with Crippen LogP contribution in [0.25, 0.3) is 0 Å². The molecule has 1 N–H and O–H groups in total. The second-order valence-corrected chi connectivity index (χ2v) is 5.73. The van der Waals surface area contributed by atoms with E-state index in [0.29, 0.717) is 43.0 Å². The van der Waals surface area contributed by atoms with Crippen LogP contribution in [-0.2, 0) is 4.79 Å². The lowest BCUT2D eigenvalue weighted by Crippen LogP contribution is -2.39. The minimum Gasteiger partial charge on any atom is -0.497 e. The lowest BCUT2D eigenvalue weighted by molar-refractivity contribution is -0.130. The van der Waals surface area contributed by atoms with E-state index in [-0.39, 0.29) is 23.5 Å². The second kappa shape index (κ2) is 7.81. The molecule has 24 heavy (non-hydrogen) atoms. The van der Waals surface area contributed by atoms with Gasteiger partial charge in [0.25, 0.3) is 0 Å². The van der Waals surface area contributed by atoms with Gasteiger partial charge in [-0.3, -0.25) is 9.59 Å². The van der Waals surface area contributed by atoms with Crippen LogP contribution in [0.5, 0.6) is 11.5 Å². The maximum absolute atomic E-state index is 12.9. The standard InChI is InChI=1S/C17H22N2O5/c1-11(18-22)24-16-5-4-14(23-3)10-15(16)17(21)13-6-8-19(9-7-13)12(2)20/h4-5,10,13,22H,6-9H2,1-3H3. The molecule has 1 amide bonds. The molecule has 2 rings (SSSR count). The molecule has 7 heteroatoms. The van der Waals surface area contributed by atoms with Crippen LogP contribution in [0.3, 0.4) is 0 Å². The van der Waals surface area contributed by atoms with Gasteiger partial charge in [-0.25, -0.2) is 0 Å². The van der Waals surface area contributed by atoms with Crippen LogP contribution in [0.2, 0.25) is 0 Å². The zero-order chi connectivity index (χ0) is 17.7.